The molecule has 0 aliphatic carbocycles. The Morgan fingerprint density at radius 2 is 2.00 bits per heavy atom. The lowest BCUT2D eigenvalue weighted by Gasteiger charge is -2.22. The molecule has 3 amide bonds. The summed E-state index contributed by atoms with van der Waals surface area (Å²) in [6, 6.07) is 10.3. The van der Waals surface area contributed by atoms with Gasteiger partial charge in [0.2, 0.25) is 5.91 Å². The molecule has 3 rings (SSSR count). The summed E-state index contributed by atoms with van der Waals surface area (Å²) in [5.74, 6) is -0.749. The molecule has 2 aromatic rings. The van der Waals surface area contributed by atoms with E-state index < -0.39 is 17.9 Å². The molecule has 1 atom stereocenters. The fraction of sp³-hybridized carbons (Fsp3) is 0.222. The van der Waals surface area contributed by atoms with Gasteiger partial charge in [-0.05, 0) is 43.2 Å². The number of benzene rings is 2. The standard InChI is InChI=1S/C18H17ClFN3O2/c1-11(17(24)23-9-8-12-4-2-3-5-16(12)23)21-18(25)22-13-6-7-15(20)14(19)10-13/h2-7,10-11H,8-9H2,1H3,(H2,21,22,25)/t11-/m1/s1. The molecule has 0 bridgehead atoms. The third-order valence-corrected chi connectivity index (χ3v) is 4.34. The minimum Gasteiger partial charge on any atom is -0.326 e. The van der Waals surface area contributed by atoms with Crippen molar-refractivity contribution in [3.05, 3.63) is 58.9 Å². The van der Waals surface area contributed by atoms with Crippen LogP contribution in [0.1, 0.15) is 12.5 Å². The van der Waals surface area contributed by atoms with Gasteiger partial charge in [0, 0.05) is 17.9 Å². The number of carbonyl (C=O) groups excluding carboxylic acids is 2. The van der Waals surface area contributed by atoms with Gasteiger partial charge in [-0.1, -0.05) is 29.8 Å². The van der Waals surface area contributed by atoms with Crippen molar-refractivity contribution >= 4 is 34.9 Å². The summed E-state index contributed by atoms with van der Waals surface area (Å²) < 4.78 is 13.1. The maximum atomic E-state index is 13.1. The summed E-state index contributed by atoms with van der Waals surface area (Å²) in [5.41, 5.74) is 2.34. The Bertz CT molecular complexity index is 828. The Labute approximate surface area is 149 Å². The minimum absolute atomic E-state index is 0.0874. The molecule has 2 aromatic carbocycles. The highest BCUT2D eigenvalue weighted by Crippen LogP contribution is 2.27. The van der Waals surface area contributed by atoms with Crippen LogP contribution in [0, 0.1) is 5.82 Å². The Morgan fingerprint density at radius 3 is 2.76 bits per heavy atom. The molecule has 0 radical (unpaired) electrons. The summed E-state index contributed by atoms with van der Waals surface area (Å²) in [5, 5.41) is 5.04. The van der Waals surface area contributed by atoms with Crippen molar-refractivity contribution in [1.82, 2.24) is 5.32 Å². The fourth-order valence-corrected chi connectivity index (χ4v) is 2.98. The second kappa shape index (κ2) is 7.11. The van der Waals surface area contributed by atoms with Gasteiger partial charge >= 0.3 is 6.03 Å². The molecule has 0 spiro atoms. The molecule has 0 saturated carbocycles. The predicted molar refractivity (Wildman–Crippen MR) is 95.5 cm³/mol. The number of carbonyl (C=O) groups is 2. The van der Waals surface area contributed by atoms with Crippen molar-refractivity contribution < 1.29 is 14.0 Å². The van der Waals surface area contributed by atoms with E-state index in [4.69, 9.17) is 11.6 Å². The summed E-state index contributed by atoms with van der Waals surface area (Å²) in [7, 11) is 0. The highest BCUT2D eigenvalue weighted by Gasteiger charge is 2.28. The molecule has 25 heavy (non-hydrogen) atoms. The SMILES string of the molecule is C[C@@H](NC(=O)Nc1ccc(F)c(Cl)c1)C(=O)N1CCc2ccccc21. The number of halogens is 2. The van der Waals surface area contributed by atoms with Crippen LogP contribution in [0.4, 0.5) is 20.6 Å². The number of rotatable bonds is 3. The predicted octanol–water partition coefficient (Wildman–Crippen LogP) is 3.58. The fourth-order valence-electron chi connectivity index (χ4n) is 2.80. The van der Waals surface area contributed by atoms with Crippen LogP contribution in [0.25, 0.3) is 0 Å². The Kier molecular flexibility index (Phi) is 4.90. The van der Waals surface area contributed by atoms with E-state index >= 15 is 0 Å². The quantitative estimate of drug-likeness (QED) is 0.877. The van der Waals surface area contributed by atoms with E-state index in [0.29, 0.717) is 12.2 Å². The average molecular weight is 362 g/mol. The topological polar surface area (TPSA) is 61.4 Å². The van der Waals surface area contributed by atoms with E-state index in [-0.39, 0.29) is 10.9 Å². The summed E-state index contributed by atoms with van der Waals surface area (Å²) in [6.07, 6.45) is 0.801. The van der Waals surface area contributed by atoms with Crippen molar-refractivity contribution in [3.8, 4) is 0 Å². The van der Waals surface area contributed by atoms with Crippen LogP contribution in [0.2, 0.25) is 5.02 Å². The minimum atomic E-state index is -0.706. The lowest BCUT2D eigenvalue weighted by molar-refractivity contribution is -0.119. The number of hydrogen-bond donors (Lipinski definition) is 2. The van der Waals surface area contributed by atoms with E-state index in [9.17, 15) is 14.0 Å². The maximum absolute atomic E-state index is 13.1. The molecular formula is C18H17ClFN3O2. The Hall–Kier alpha value is -2.60. The lowest BCUT2D eigenvalue weighted by Crippen LogP contribution is -2.47. The van der Waals surface area contributed by atoms with Gasteiger partial charge < -0.3 is 15.5 Å². The third kappa shape index (κ3) is 3.74. The highest BCUT2D eigenvalue weighted by atomic mass is 35.5. The van der Waals surface area contributed by atoms with Gasteiger partial charge in [0.15, 0.2) is 0 Å². The van der Waals surface area contributed by atoms with Gasteiger partial charge in [-0.2, -0.15) is 0 Å². The Morgan fingerprint density at radius 1 is 1.24 bits per heavy atom. The van der Waals surface area contributed by atoms with E-state index in [1.807, 2.05) is 24.3 Å². The molecule has 1 heterocycles. The molecule has 130 valence electrons. The van der Waals surface area contributed by atoms with E-state index in [0.717, 1.165) is 23.7 Å². The number of fused-ring (bicyclic) bond motifs is 1. The van der Waals surface area contributed by atoms with Crippen molar-refractivity contribution in [1.29, 1.82) is 0 Å². The summed E-state index contributed by atoms with van der Waals surface area (Å²) >= 11 is 5.68. The Balaban J connectivity index is 1.62. The molecule has 2 N–H and O–H groups in total. The van der Waals surface area contributed by atoms with Crippen LogP contribution >= 0.6 is 11.6 Å². The summed E-state index contributed by atoms with van der Waals surface area (Å²) in [6.45, 7) is 2.22. The first kappa shape index (κ1) is 17.2. The van der Waals surface area contributed by atoms with Gasteiger partial charge in [0.1, 0.15) is 11.9 Å². The molecule has 1 aliphatic rings. The van der Waals surface area contributed by atoms with Crippen molar-refractivity contribution in [2.45, 2.75) is 19.4 Å². The molecular weight excluding hydrogens is 345 g/mol. The highest BCUT2D eigenvalue weighted by molar-refractivity contribution is 6.31. The third-order valence-electron chi connectivity index (χ3n) is 4.05. The maximum Gasteiger partial charge on any atom is 0.319 e. The molecule has 1 aliphatic heterocycles. The second-order valence-electron chi connectivity index (χ2n) is 5.82. The zero-order valence-electron chi connectivity index (χ0n) is 13.6. The lowest BCUT2D eigenvalue weighted by atomic mass is 10.2. The van der Waals surface area contributed by atoms with Crippen LogP contribution in [0.3, 0.4) is 0 Å². The average Bonchev–Trinajstić information content (AvgIpc) is 3.01. The van der Waals surface area contributed by atoms with E-state index in [1.54, 1.807) is 11.8 Å². The first-order chi connectivity index (χ1) is 12.0. The van der Waals surface area contributed by atoms with Crippen LogP contribution in [-0.2, 0) is 11.2 Å². The molecule has 0 saturated heterocycles. The van der Waals surface area contributed by atoms with Crippen molar-refractivity contribution in [2.24, 2.45) is 0 Å². The number of hydrogen-bond acceptors (Lipinski definition) is 2. The molecule has 5 nitrogen and oxygen atoms in total. The number of nitrogens with one attached hydrogen (secondary N) is 2. The second-order valence-corrected chi connectivity index (χ2v) is 6.22. The smallest absolute Gasteiger partial charge is 0.319 e. The van der Waals surface area contributed by atoms with Gasteiger partial charge in [-0.3, -0.25) is 4.79 Å². The van der Waals surface area contributed by atoms with Crippen LogP contribution in [0.15, 0.2) is 42.5 Å². The van der Waals surface area contributed by atoms with Gasteiger partial charge in [0.05, 0.1) is 5.02 Å². The number of amides is 3. The summed E-state index contributed by atoms with van der Waals surface area (Å²) in [4.78, 5) is 26.3. The largest absolute Gasteiger partial charge is 0.326 e. The first-order valence-electron chi connectivity index (χ1n) is 7.87. The number of para-hydroxylation sites is 1. The zero-order valence-corrected chi connectivity index (χ0v) is 14.3. The number of anilines is 2. The van der Waals surface area contributed by atoms with Crippen LogP contribution < -0.4 is 15.5 Å². The van der Waals surface area contributed by atoms with Crippen molar-refractivity contribution in [3.63, 3.8) is 0 Å². The van der Waals surface area contributed by atoms with Crippen molar-refractivity contribution in [2.75, 3.05) is 16.8 Å². The normalized spacial score (nSPS) is 14.0. The number of nitrogens with zero attached hydrogens (tertiary/aromatic N) is 1. The monoisotopic (exact) mass is 361 g/mol. The van der Waals surface area contributed by atoms with Crippen LogP contribution in [-0.4, -0.2) is 24.5 Å². The zero-order chi connectivity index (χ0) is 18.0. The molecule has 0 aromatic heterocycles. The first-order valence-corrected chi connectivity index (χ1v) is 8.25. The van der Waals surface area contributed by atoms with Gasteiger partial charge in [-0.25, -0.2) is 9.18 Å². The molecule has 7 heteroatoms. The number of urea groups is 1. The van der Waals surface area contributed by atoms with Gasteiger partial charge in [-0.15, -0.1) is 0 Å². The van der Waals surface area contributed by atoms with Crippen LogP contribution in [0.5, 0.6) is 0 Å². The molecule has 0 unspecified atom stereocenters. The molecule has 0 fully saturated rings. The van der Waals surface area contributed by atoms with E-state index in [1.165, 1.54) is 12.1 Å². The van der Waals surface area contributed by atoms with Gasteiger partial charge in [0.25, 0.3) is 0 Å². The van der Waals surface area contributed by atoms with E-state index in [2.05, 4.69) is 10.6 Å².